The van der Waals surface area contributed by atoms with Crippen LogP contribution in [-0.2, 0) is 0 Å². The van der Waals surface area contributed by atoms with Gasteiger partial charge >= 0.3 is 6.18 Å². The molecule has 0 spiro atoms. The number of terminal acetylenes is 1. The van der Waals surface area contributed by atoms with E-state index in [0.717, 1.165) is 0 Å². The van der Waals surface area contributed by atoms with Crippen molar-refractivity contribution in [2.75, 3.05) is 0 Å². The summed E-state index contributed by atoms with van der Waals surface area (Å²) in [6.07, 6.45) is 1.65. The van der Waals surface area contributed by atoms with Crippen LogP contribution >= 0.6 is 0 Å². The van der Waals surface area contributed by atoms with E-state index >= 15 is 0 Å². The Bertz CT molecular complexity index is 233. The van der Waals surface area contributed by atoms with Crippen LogP contribution in [0.3, 0.4) is 0 Å². The van der Waals surface area contributed by atoms with Crippen molar-refractivity contribution in [1.29, 1.82) is 0 Å². The molecule has 1 unspecified atom stereocenters. The summed E-state index contributed by atoms with van der Waals surface area (Å²) in [6, 6.07) is 0. The first kappa shape index (κ1) is 12.4. The average molecular weight is 220 g/mol. The fourth-order valence-corrected chi connectivity index (χ4v) is 2.12. The lowest BCUT2D eigenvalue weighted by molar-refractivity contribution is -0.185. The molecule has 0 heterocycles. The zero-order valence-corrected chi connectivity index (χ0v) is 8.43. The molecule has 1 rings (SSSR count). The van der Waals surface area contributed by atoms with Crippen molar-refractivity contribution in [3.63, 3.8) is 0 Å². The molecule has 4 heteroatoms. The molecular formula is C11H15F3O. The Balaban J connectivity index is 2.40. The molecule has 0 radical (unpaired) electrons. The molecule has 0 aromatic rings. The molecular weight excluding hydrogens is 205 g/mol. The predicted molar refractivity (Wildman–Crippen MR) is 51.0 cm³/mol. The average Bonchev–Trinajstić information content (AvgIpc) is 2.17. The molecule has 0 amide bonds. The van der Waals surface area contributed by atoms with E-state index in [2.05, 4.69) is 5.92 Å². The highest BCUT2D eigenvalue weighted by Crippen LogP contribution is 2.40. The van der Waals surface area contributed by atoms with Crippen molar-refractivity contribution in [3.8, 4) is 12.3 Å². The molecule has 1 atom stereocenters. The summed E-state index contributed by atoms with van der Waals surface area (Å²) in [6.45, 7) is 0. The van der Waals surface area contributed by atoms with E-state index in [4.69, 9.17) is 6.42 Å². The molecule has 0 aliphatic heterocycles. The van der Waals surface area contributed by atoms with E-state index in [1.165, 1.54) is 0 Å². The number of halogens is 3. The van der Waals surface area contributed by atoms with Gasteiger partial charge in [-0.1, -0.05) is 0 Å². The summed E-state index contributed by atoms with van der Waals surface area (Å²) in [5, 5.41) is 9.54. The first-order valence-electron chi connectivity index (χ1n) is 5.13. The van der Waals surface area contributed by atoms with Crippen LogP contribution in [-0.4, -0.2) is 17.4 Å². The lowest BCUT2D eigenvalue weighted by Crippen LogP contribution is -2.31. The maximum absolute atomic E-state index is 12.3. The summed E-state index contributed by atoms with van der Waals surface area (Å²) >= 11 is 0. The number of aliphatic hydroxyl groups excluding tert-OH is 1. The maximum Gasteiger partial charge on any atom is 0.391 e. The molecule has 86 valence electrons. The van der Waals surface area contributed by atoms with Gasteiger partial charge in [0.15, 0.2) is 0 Å². The number of hydrogen-bond acceptors (Lipinski definition) is 1. The lowest BCUT2D eigenvalue weighted by Gasteiger charge is -2.31. The minimum atomic E-state index is -4.08. The Labute approximate surface area is 87.7 Å². The second kappa shape index (κ2) is 4.89. The van der Waals surface area contributed by atoms with Gasteiger partial charge < -0.3 is 5.11 Å². The zero-order valence-electron chi connectivity index (χ0n) is 8.43. The molecule has 0 aromatic carbocycles. The van der Waals surface area contributed by atoms with Gasteiger partial charge in [-0.2, -0.15) is 13.2 Å². The van der Waals surface area contributed by atoms with Gasteiger partial charge in [0.2, 0.25) is 0 Å². The van der Waals surface area contributed by atoms with E-state index in [1.54, 1.807) is 0 Å². The van der Waals surface area contributed by atoms with Gasteiger partial charge in [0.1, 0.15) is 0 Å². The van der Waals surface area contributed by atoms with E-state index in [-0.39, 0.29) is 25.2 Å². The van der Waals surface area contributed by atoms with Crippen LogP contribution in [0, 0.1) is 24.2 Å². The third-order valence-corrected chi connectivity index (χ3v) is 3.11. The number of aliphatic hydroxyl groups is 1. The fraction of sp³-hybridized carbons (Fsp3) is 0.818. The van der Waals surface area contributed by atoms with Gasteiger partial charge in [0, 0.05) is 6.42 Å². The molecule has 0 aromatic heterocycles. The molecule has 1 aliphatic rings. The van der Waals surface area contributed by atoms with Crippen LogP contribution in [0.4, 0.5) is 13.2 Å². The minimum Gasteiger partial charge on any atom is -0.392 e. The van der Waals surface area contributed by atoms with Crippen LogP contribution in [0.1, 0.15) is 32.1 Å². The van der Waals surface area contributed by atoms with E-state index in [9.17, 15) is 18.3 Å². The molecule has 0 bridgehead atoms. The second-order valence-corrected chi connectivity index (χ2v) is 4.13. The summed E-state index contributed by atoms with van der Waals surface area (Å²) in [4.78, 5) is 0. The van der Waals surface area contributed by atoms with E-state index < -0.39 is 18.2 Å². The Morgan fingerprint density at radius 3 is 2.20 bits per heavy atom. The number of rotatable bonds is 2. The third kappa shape index (κ3) is 3.42. The second-order valence-electron chi connectivity index (χ2n) is 4.13. The predicted octanol–water partition coefficient (Wildman–Crippen LogP) is 2.74. The minimum absolute atomic E-state index is 0.0559. The van der Waals surface area contributed by atoms with Gasteiger partial charge in [0.25, 0.3) is 0 Å². The van der Waals surface area contributed by atoms with Crippen molar-refractivity contribution in [2.24, 2.45) is 11.8 Å². The van der Waals surface area contributed by atoms with Gasteiger partial charge in [-0.25, -0.2) is 0 Å². The maximum atomic E-state index is 12.3. The molecule has 1 saturated carbocycles. The topological polar surface area (TPSA) is 20.2 Å². The normalized spacial score (nSPS) is 29.5. The Kier molecular flexibility index (Phi) is 4.04. The Morgan fingerprint density at radius 1 is 1.27 bits per heavy atom. The monoisotopic (exact) mass is 220 g/mol. The molecule has 1 aliphatic carbocycles. The van der Waals surface area contributed by atoms with Gasteiger partial charge in [-0.05, 0) is 31.6 Å². The standard InChI is InChI=1S/C11H15F3O/c1-2-3-10(15)8-4-6-9(7-5-8)11(12,13)14/h1,8-10,15H,3-7H2. The summed E-state index contributed by atoms with van der Waals surface area (Å²) < 4.78 is 37.0. The summed E-state index contributed by atoms with van der Waals surface area (Å²) in [5.74, 6) is 1.09. The van der Waals surface area contributed by atoms with Crippen molar-refractivity contribution in [1.82, 2.24) is 0 Å². The highest BCUT2D eigenvalue weighted by molar-refractivity contribution is 4.90. The van der Waals surface area contributed by atoms with Crippen LogP contribution in [0.5, 0.6) is 0 Å². The quantitative estimate of drug-likeness (QED) is 0.709. The van der Waals surface area contributed by atoms with Crippen LogP contribution in [0.25, 0.3) is 0 Å². The van der Waals surface area contributed by atoms with Crippen LogP contribution in [0.2, 0.25) is 0 Å². The third-order valence-electron chi connectivity index (χ3n) is 3.11. The molecule has 15 heavy (non-hydrogen) atoms. The molecule has 1 nitrogen and oxygen atoms in total. The highest BCUT2D eigenvalue weighted by Gasteiger charge is 2.42. The first-order valence-corrected chi connectivity index (χ1v) is 5.13. The van der Waals surface area contributed by atoms with Crippen molar-refractivity contribution < 1.29 is 18.3 Å². The van der Waals surface area contributed by atoms with Crippen molar-refractivity contribution in [2.45, 2.75) is 44.4 Å². The largest absolute Gasteiger partial charge is 0.392 e. The smallest absolute Gasteiger partial charge is 0.391 e. The van der Waals surface area contributed by atoms with Crippen molar-refractivity contribution >= 4 is 0 Å². The van der Waals surface area contributed by atoms with Gasteiger partial charge in [-0.3, -0.25) is 0 Å². The fourth-order valence-electron chi connectivity index (χ4n) is 2.12. The van der Waals surface area contributed by atoms with E-state index in [0.29, 0.717) is 12.8 Å². The zero-order chi connectivity index (χ0) is 11.5. The SMILES string of the molecule is C#CCC(O)C1CCC(C(F)(F)F)CC1. The van der Waals surface area contributed by atoms with Crippen LogP contribution < -0.4 is 0 Å². The van der Waals surface area contributed by atoms with Gasteiger partial charge in [-0.15, -0.1) is 12.3 Å². The van der Waals surface area contributed by atoms with Gasteiger partial charge in [0.05, 0.1) is 12.0 Å². The first-order chi connectivity index (χ1) is 6.95. The number of alkyl halides is 3. The van der Waals surface area contributed by atoms with Crippen LogP contribution in [0.15, 0.2) is 0 Å². The Morgan fingerprint density at radius 2 is 1.80 bits per heavy atom. The van der Waals surface area contributed by atoms with Crippen molar-refractivity contribution in [3.05, 3.63) is 0 Å². The molecule has 1 N–H and O–H groups in total. The number of hydrogen-bond donors (Lipinski definition) is 1. The lowest BCUT2D eigenvalue weighted by atomic mass is 9.78. The molecule has 1 fully saturated rings. The molecule has 0 saturated heterocycles. The highest BCUT2D eigenvalue weighted by atomic mass is 19.4. The summed E-state index contributed by atoms with van der Waals surface area (Å²) in [7, 11) is 0. The van der Waals surface area contributed by atoms with E-state index in [1.807, 2.05) is 0 Å². The summed E-state index contributed by atoms with van der Waals surface area (Å²) in [5.41, 5.74) is 0. The Hall–Kier alpha value is -0.690.